The molecular weight excluding hydrogens is 420 g/mol. The first-order valence-electron chi connectivity index (χ1n) is 8.12. The van der Waals surface area contributed by atoms with Gasteiger partial charge in [0.05, 0.1) is 20.5 Å². The highest BCUT2D eigenvalue weighted by Crippen LogP contribution is 2.35. The van der Waals surface area contributed by atoms with Gasteiger partial charge in [0, 0.05) is 11.9 Å². The van der Waals surface area contributed by atoms with Crippen molar-refractivity contribution in [2.45, 2.75) is 18.7 Å². The van der Waals surface area contributed by atoms with Crippen LogP contribution in [0.5, 0.6) is 0 Å². The van der Waals surface area contributed by atoms with Crippen molar-refractivity contribution in [1.82, 2.24) is 9.97 Å². The van der Waals surface area contributed by atoms with Crippen LogP contribution >= 0.6 is 22.9 Å². The van der Waals surface area contributed by atoms with Crippen LogP contribution in [-0.4, -0.2) is 30.7 Å². The van der Waals surface area contributed by atoms with E-state index in [-0.39, 0.29) is 9.92 Å². The summed E-state index contributed by atoms with van der Waals surface area (Å²) in [6.07, 6.45) is 1.11. The van der Waals surface area contributed by atoms with Gasteiger partial charge in [0.15, 0.2) is 15.0 Å². The minimum absolute atomic E-state index is 0.0530. The summed E-state index contributed by atoms with van der Waals surface area (Å²) in [6, 6.07) is 9.61. The van der Waals surface area contributed by atoms with E-state index in [2.05, 4.69) is 20.6 Å². The molecule has 2 heterocycles. The number of pyridine rings is 1. The minimum atomic E-state index is -3.46. The van der Waals surface area contributed by atoms with E-state index in [1.165, 1.54) is 23.5 Å². The summed E-state index contributed by atoms with van der Waals surface area (Å²) in [4.78, 5) is 21.5. The quantitative estimate of drug-likeness (QED) is 0.626. The number of anilines is 2. The molecule has 2 aromatic heterocycles. The molecule has 3 rings (SSSR count). The third kappa shape index (κ3) is 4.67. The van der Waals surface area contributed by atoms with E-state index >= 15 is 0 Å². The van der Waals surface area contributed by atoms with Crippen LogP contribution in [0.2, 0.25) is 5.02 Å². The summed E-state index contributed by atoms with van der Waals surface area (Å²) in [7, 11) is -3.46. The van der Waals surface area contributed by atoms with Gasteiger partial charge in [0.25, 0.3) is 0 Å². The molecule has 0 atom stereocenters. The lowest BCUT2D eigenvalue weighted by Gasteiger charge is -2.05. The maximum Gasteiger partial charge on any atom is 0.326 e. The Hall–Kier alpha value is -2.49. The Kier molecular flexibility index (Phi) is 5.69. The van der Waals surface area contributed by atoms with E-state index < -0.39 is 15.9 Å². The predicted octanol–water partition coefficient (Wildman–Crippen LogP) is 4.52. The first-order chi connectivity index (χ1) is 13.1. The Labute approximate surface area is 171 Å². The van der Waals surface area contributed by atoms with Gasteiger partial charge in [-0.3, -0.25) is 10.6 Å². The van der Waals surface area contributed by atoms with Gasteiger partial charge < -0.3 is 0 Å². The number of halogens is 1. The van der Waals surface area contributed by atoms with Crippen molar-refractivity contribution in [3.05, 3.63) is 52.8 Å². The average Bonchev–Trinajstić information content (AvgIpc) is 2.94. The lowest BCUT2D eigenvalue weighted by atomic mass is 10.2. The molecule has 2 N–H and O–H groups in total. The number of thiazole rings is 1. The molecule has 10 heteroatoms. The molecule has 2 amide bonds. The van der Waals surface area contributed by atoms with Gasteiger partial charge in [-0.05, 0) is 43.7 Å². The van der Waals surface area contributed by atoms with Crippen molar-refractivity contribution in [1.29, 1.82) is 0 Å². The number of sulfone groups is 1. The average molecular weight is 437 g/mol. The maximum atomic E-state index is 12.2. The lowest BCUT2D eigenvalue weighted by molar-refractivity contribution is 0.262. The minimum Gasteiger partial charge on any atom is -0.292 e. The lowest BCUT2D eigenvalue weighted by Crippen LogP contribution is -2.20. The SMILES string of the molecule is Cc1cccc(NC(=O)Nc2nc(C)c(-c3ccc(Cl)c(S(C)(=O)=O)c3)s2)n1. The molecule has 0 aliphatic rings. The van der Waals surface area contributed by atoms with Gasteiger partial charge >= 0.3 is 6.03 Å². The van der Waals surface area contributed by atoms with Crippen LogP contribution in [0.3, 0.4) is 0 Å². The van der Waals surface area contributed by atoms with E-state index in [1.807, 2.05) is 13.0 Å². The van der Waals surface area contributed by atoms with Crippen LogP contribution in [0.1, 0.15) is 11.4 Å². The number of amides is 2. The standard InChI is InChI=1S/C18H17ClN4O3S2/c1-10-5-4-6-15(20-10)22-17(24)23-18-21-11(2)16(27-18)12-7-8-13(19)14(9-12)28(3,25)26/h4-9H,1-3H3,(H2,20,21,22,23,24). The Bertz CT molecular complexity index is 1160. The molecule has 1 aromatic carbocycles. The van der Waals surface area contributed by atoms with Crippen molar-refractivity contribution in [2.24, 2.45) is 0 Å². The number of hydrogen-bond donors (Lipinski definition) is 2. The van der Waals surface area contributed by atoms with E-state index in [4.69, 9.17) is 11.6 Å². The summed E-state index contributed by atoms with van der Waals surface area (Å²) < 4.78 is 23.8. The molecular formula is C18H17ClN4O3S2. The van der Waals surface area contributed by atoms with Crippen molar-refractivity contribution < 1.29 is 13.2 Å². The second-order valence-electron chi connectivity index (χ2n) is 6.09. The number of benzene rings is 1. The van der Waals surface area contributed by atoms with Gasteiger partial charge in [0.2, 0.25) is 0 Å². The molecule has 28 heavy (non-hydrogen) atoms. The van der Waals surface area contributed by atoms with Gasteiger partial charge in [-0.25, -0.2) is 23.2 Å². The summed E-state index contributed by atoms with van der Waals surface area (Å²) >= 11 is 7.25. The summed E-state index contributed by atoms with van der Waals surface area (Å²) in [5.74, 6) is 0.432. The largest absolute Gasteiger partial charge is 0.326 e. The van der Waals surface area contributed by atoms with E-state index in [0.29, 0.717) is 22.2 Å². The third-order valence-corrected chi connectivity index (χ3v) is 6.44. The highest BCUT2D eigenvalue weighted by Gasteiger charge is 2.17. The number of urea groups is 1. The number of nitrogens with zero attached hydrogens (tertiary/aromatic N) is 2. The highest BCUT2D eigenvalue weighted by molar-refractivity contribution is 7.90. The number of aryl methyl sites for hydroxylation is 2. The van der Waals surface area contributed by atoms with Crippen molar-refractivity contribution >= 4 is 49.8 Å². The molecule has 0 fully saturated rings. The molecule has 0 radical (unpaired) electrons. The maximum absolute atomic E-state index is 12.2. The molecule has 7 nitrogen and oxygen atoms in total. The summed E-state index contributed by atoms with van der Waals surface area (Å²) in [6.45, 7) is 3.61. The Morgan fingerprint density at radius 1 is 1.11 bits per heavy atom. The first kappa shape index (κ1) is 20.2. The van der Waals surface area contributed by atoms with Gasteiger partial charge in [-0.1, -0.05) is 35.1 Å². The molecule has 0 saturated carbocycles. The Balaban J connectivity index is 1.83. The number of carbonyl (C=O) groups is 1. The van der Waals surface area contributed by atoms with Crippen molar-refractivity contribution in [2.75, 3.05) is 16.9 Å². The number of nitrogens with one attached hydrogen (secondary N) is 2. The molecule has 146 valence electrons. The molecule has 0 spiro atoms. The van der Waals surface area contributed by atoms with Crippen LogP contribution in [0, 0.1) is 13.8 Å². The molecule has 0 aliphatic heterocycles. The fourth-order valence-electron chi connectivity index (χ4n) is 2.50. The second-order valence-corrected chi connectivity index (χ2v) is 9.48. The molecule has 3 aromatic rings. The van der Waals surface area contributed by atoms with Crippen molar-refractivity contribution in [3.8, 4) is 10.4 Å². The van der Waals surface area contributed by atoms with Gasteiger partial charge in [0.1, 0.15) is 5.82 Å². The predicted molar refractivity (Wildman–Crippen MR) is 112 cm³/mol. The smallest absolute Gasteiger partial charge is 0.292 e. The van der Waals surface area contributed by atoms with Gasteiger partial charge in [-0.15, -0.1) is 0 Å². The zero-order valence-corrected chi connectivity index (χ0v) is 17.7. The van der Waals surface area contributed by atoms with Crippen LogP contribution in [0.25, 0.3) is 10.4 Å². The third-order valence-electron chi connectivity index (χ3n) is 3.74. The summed E-state index contributed by atoms with van der Waals surface area (Å²) in [5, 5.41) is 5.86. The zero-order chi connectivity index (χ0) is 20.5. The molecule has 0 unspecified atom stereocenters. The van der Waals surface area contributed by atoms with Gasteiger partial charge in [-0.2, -0.15) is 0 Å². The molecule has 0 aliphatic carbocycles. The highest BCUT2D eigenvalue weighted by atomic mass is 35.5. The number of aromatic nitrogens is 2. The monoisotopic (exact) mass is 436 g/mol. The normalized spacial score (nSPS) is 11.3. The molecule has 0 bridgehead atoms. The van der Waals surface area contributed by atoms with Crippen molar-refractivity contribution in [3.63, 3.8) is 0 Å². The van der Waals surface area contributed by atoms with Crippen LogP contribution in [-0.2, 0) is 9.84 Å². The zero-order valence-electron chi connectivity index (χ0n) is 15.3. The van der Waals surface area contributed by atoms with E-state index in [9.17, 15) is 13.2 Å². The summed E-state index contributed by atoms with van der Waals surface area (Å²) in [5.41, 5.74) is 2.11. The first-order valence-corrected chi connectivity index (χ1v) is 11.2. The topological polar surface area (TPSA) is 101 Å². The Morgan fingerprint density at radius 2 is 1.86 bits per heavy atom. The van der Waals surface area contributed by atoms with Crippen LogP contribution < -0.4 is 10.6 Å². The molecule has 0 saturated heterocycles. The second kappa shape index (κ2) is 7.86. The van der Waals surface area contributed by atoms with Crippen LogP contribution in [0.15, 0.2) is 41.3 Å². The number of rotatable bonds is 4. The number of hydrogen-bond acceptors (Lipinski definition) is 6. The fraction of sp³-hybridized carbons (Fsp3) is 0.167. The van der Waals surface area contributed by atoms with E-state index in [0.717, 1.165) is 16.8 Å². The van der Waals surface area contributed by atoms with E-state index in [1.54, 1.807) is 25.1 Å². The Morgan fingerprint density at radius 3 is 2.54 bits per heavy atom. The number of carbonyl (C=O) groups excluding carboxylic acids is 1. The fourth-order valence-corrected chi connectivity index (χ4v) is 4.76. The van der Waals surface area contributed by atoms with Crippen LogP contribution in [0.4, 0.5) is 15.7 Å².